The number of aromatic nitrogens is 1. The van der Waals surface area contributed by atoms with Gasteiger partial charge < -0.3 is 10.5 Å². The summed E-state index contributed by atoms with van der Waals surface area (Å²) in [6, 6.07) is 8.44. The minimum absolute atomic E-state index is 0.391. The molecule has 0 aliphatic heterocycles. The summed E-state index contributed by atoms with van der Waals surface area (Å²) in [5, 5.41) is 0.786. The van der Waals surface area contributed by atoms with E-state index in [9.17, 15) is 0 Å². The molecule has 16 heavy (non-hydrogen) atoms. The maximum absolute atomic E-state index is 5.86. The maximum Gasteiger partial charge on any atom is 0.219 e. The Kier molecular flexibility index (Phi) is 3.17. The molecule has 1 heterocycles. The first kappa shape index (κ1) is 11.0. The number of anilines is 1. The highest BCUT2D eigenvalue weighted by atomic mass is 35.5. The number of rotatable bonds is 2. The Bertz CT molecular complexity index is 503. The van der Waals surface area contributed by atoms with Crippen molar-refractivity contribution < 1.29 is 4.74 Å². The van der Waals surface area contributed by atoms with E-state index in [4.69, 9.17) is 33.7 Å². The summed E-state index contributed by atoms with van der Waals surface area (Å²) in [6.45, 7) is 0. The molecule has 2 N–H and O–H groups in total. The van der Waals surface area contributed by atoms with Crippen LogP contribution in [0.3, 0.4) is 0 Å². The third-order valence-corrected chi connectivity index (χ3v) is 2.63. The third kappa shape index (κ3) is 2.38. The van der Waals surface area contributed by atoms with Gasteiger partial charge >= 0.3 is 0 Å². The molecule has 0 saturated heterocycles. The number of halogens is 2. The van der Waals surface area contributed by atoms with Crippen LogP contribution in [0, 0.1) is 0 Å². The zero-order valence-electron chi connectivity index (χ0n) is 8.15. The monoisotopic (exact) mass is 254 g/mol. The number of nitrogen functional groups attached to an aromatic ring is 1. The number of benzene rings is 1. The lowest BCUT2D eigenvalue weighted by Crippen LogP contribution is -1.93. The van der Waals surface area contributed by atoms with Gasteiger partial charge in [-0.2, -0.15) is 0 Å². The van der Waals surface area contributed by atoms with Gasteiger partial charge in [-0.05, 0) is 12.1 Å². The average molecular weight is 255 g/mol. The van der Waals surface area contributed by atoms with Crippen molar-refractivity contribution in [3.63, 3.8) is 0 Å². The van der Waals surface area contributed by atoms with E-state index in [1.807, 2.05) is 6.07 Å². The number of pyridine rings is 1. The Morgan fingerprint density at radius 1 is 1.12 bits per heavy atom. The van der Waals surface area contributed by atoms with Crippen molar-refractivity contribution in [2.24, 2.45) is 0 Å². The molecule has 1 aromatic heterocycles. The number of hydrogen-bond acceptors (Lipinski definition) is 3. The fourth-order valence-electron chi connectivity index (χ4n) is 1.15. The van der Waals surface area contributed by atoms with Crippen LogP contribution < -0.4 is 10.5 Å². The van der Waals surface area contributed by atoms with E-state index < -0.39 is 0 Å². The standard InChI is InChI=1S/C11H8Cl2N2O/c12-7-5-9(14)10(6-8(7)13)16-11-3-1-2-4-15-11/h1-6H,14H2. The lowest BCUT2D eigenvalue weighted by molar-refractivity contribution is 0.465. The van der Waals surface area contributed by atoms with E-state index in [-0.39, 0.29) is 0 Å². The lowest BCUT2D eigenvalue weighted by atomic mass is 10.3. The second-order valence-corrected chi connectivity index (χ2v) is 3.89. The molecular weight excluding hydrogens is 247 g/mol. The minimum Gasteiger partial charge on any atom is -0.437 e. The number of hydrogen-bond donors (Lipinski definition) is 1. The van der Waals surface area contributed by atoms with Gasteiger partial charge in [0, 0.05) is 18.3 Å². The molecule has 0 aliphatic rings. The van der Waals surface area contributed by atoms with E-state index in [1.54, 1.807) is 30.5 Å². The van der Waals surface area contributed by atoms with Gasteiger partial charge in [0.25, 0.3) is 0 Å². The Morgan fingerprint density at radius 2 is 1.88 bits per heavy atom. The number of nitrogens with two attached hydrogens (primary N) is 1. The summed E-state index contributed by atoms with van der Waals surface area (Å²) < 4.78 is 5.47. The smallest absolute Gasteiger partial charge is 0.219 e. The Labute approximate surface area is 103 Å². The van der Waals surface area contributed by atoms with Crippen molar-refractivity contribution in [1.82, 2.24) is 4.98 Å². The molecule has 0 amide bonds. The molecule has 0 saturated carbocycles. The summed E-state index contributed by atoms with van der Waals surface area (Å²) in [6.07, 6.45) is 1.63. The topological polar surface area (TPSA) is 48.1 Å². The fraction of sp³-hybridized carbons (Fsp3) is 0. The van der Waals surface area contributed by atoms with Crippen molar-refractivity contribution in [1.29, 1.82) is 0 Å². The second-order valence-electron chi connectivity index (χ2n) is 3.07. The summed E-state index contributed by atoms with van der Waals surface area (Å²) in [5.41, 5.74) is 6.16. The van der Waals surface area contributed by atoms with Crippen LogP contribution in [0.15, 0.2) is 36.5 Å². The first-order valence-corrected chi connectivity index (χ1v) is 5.26. The van der Waals surface area contributed by atoms with Gasteiger partial charge in [0.05, 0.1) is 15.7 Å². The van der Waals surface area contributed by atoms with Crippen LogP contribution in [0.25, 0.3) is 0 Å². The molecule has 0 atom stereocenters. The summed E-state index contributed by atoms with van der Waals surface area (Å²) in [5.74, 6) is 0.890. The Morgan fingerprint density at radius 3 is 2.56 bits per heavy atom. The third-order valence-electron chi connectivity index (χ3n) is 1.90. The summed E-state index contributed by atoms with van der Waals surface area (Å²) in [7, 11) is 0. The van der Waals surface area contributed by atoms with E-state index in [1.165, 1.54) is 0 Å². The largest absolute Gasteiger partial charge is 0.437 e. The van der Waals surface area contributed by atoms with Gasteiger partial charge in [-0.1, -0.05) is 29.3 Å². The van der Waals surface area contributed by atoms with Crippen LogP contribution in [0.1, 0.15) is 0 Å². The second kappa shape index (κ2) is 4.60. The van der Waals surface area contributed by atoms with Gasteiger partial charge in [0.15, 0.2) is 5.75 Å². The van der Waals surface area contributed by atoms with E-state index in [2.05, 4.69) is 4.98 Å². The van der Waals surface area contributed by atoms with Crippen molar-refractivity contribution in [2.45, 2.75) is 0 Å². The van der Waals surface area contributed by atoms with Crippen LogP contribution in [0.5, 0.6) is 11.6 Å². The maximum atomic E-state index is 5.86. The highest BCUT2D eigenvalue weighted by Gasteiger charge is 2.07. The predicted octanol–water partition coefficient (Wildman–Crippen LogP) is 3.76. The highest BCUT2D eigenvalue weighted by molar-refractivity contribution is 6.42. The molecular formula is C11H8Cl2N2O. The zero-order chi connectivity index (χ0) is 11.5. The molecule has 0 unspecified atom stereocenters. The SMILES string of the molecule is Nc1cc(Cl)c(Cl)cc1Oc1ccccn1. The van der Waals surface area contributed by atoms with Crippen LogP contribution in [-0.4, -0.2) is 4.98 Å². The van der Waals surface area contributed by atoms with Crippen molar-refractivity contribution in [2.75, 3.05) is 5.73 Å². The first-order chi connectivity index (χ1) is 7.66. The number of ether oxygens (including phenoxy) is 1. The van der Waals surface area contributed by atoms with Gasteiger partial charge in [-0.3, -0.25) is 0 Å². The Hall–Kier alpha value is -1.45. The first-order valence-electron chi connectivity index (χ1n) is 4.50. The van der Waals surface area contributed by atoms with Crippen LogP contribution >= 0.6 is 23.2 Å². The van der Waals surface area contributed by atoms with Crippen LogP contribution in [0.2, 0.25) is 10.0 Å². The molecule has 5 heteroatoms. The highest BCUT2D eigenvalue weighted by Crippen LogP contribution is 2.34. The normalized spacial score (nSPS) is 10.1. The van der Waals surface area contributed by atoms with Crippen molar-refractivity contribution in [3.05, 3.63) is 46.6 Å². The van der Waals surface area contributed by atoms with E-state index in [0.29, 0.717) is 27.4 Å². The predicted molar refractivity (Wildman–Crippen MR) is 65.2 cm³/mol. The van der Waals surface area contributed by atoms with E-state index in [0.717, 1.165) is 0 Å². The van der Waals surface area contributed by atoms with Crippen LogP contribution in [-0.2, 0) is 0 Å². The van der Waals surface area contributed by atoms with Gasteiger partial charge in [0.2, 0.25) is 5.88 Å². The van der Waals surface area contributed by atoms with Crippen molar-refractivity contribution in [3.8, 4) is 11.6 Å². The molecule has 82 valence electrons. The molecule has 0 bridgehead atoms. The molecule has 0 spiro atoms. The minimum atomic E-state index is 0.391. The average Bonchev–Trinajstić information content (AvgIpc) is 2.27. The lowest BCUT2D eigenvalue weighted by Gasteiger charge is -2.08. The fourth-order valence-corrected chi connectivity index (χ4v) is 1.48. The summed E-state index contributed by atoms with van der Waals surface area (Å²) in [4.78, 5) is 4.01. The van der Waals surface area contributed by atoms with Crippen molar-refractivity contribution >= 4 is 28.9 Å². The molecule has 1 aromatic carbocycles. The molecule has 0 fully saturated rings. The number of nitrogens with zero attached hydrogens (tertiary/aromatic N) is 1. The quantitative estimate of drug-likeness (QED) is 0.831. The molecule has 2 aromatic rings. The summed E-state index contributed by atoms with van der Waals surface area (Å²) >= 11 is 11.7. The van der Waals surface area contributed by atoms with Gasteiger partial charge in [-0.25, -0.2) is 4.98 Å². The molecule has 0 radical (unpaired) electrons. The molecule has 3 nitrogen and oxygen atoms in total. The molecule has 0 aliphatic carbocycles. The molecule has 2 rings (SSSR count). The van der Waals surface area contributed by atoms with Gasteiger partial charge in [0.1, 0.15) is 0 Å². The zero-order valence-corrected chi connectivity index (χ0v) is 9.66. The van der Waals surface area contributed by atoms with Crippen LogP contribution in [0.4, 0.5) is 5.69 Å². The van der Waals surface area contributed by atoms with Gasteiger partial charge in [-0.15, -0.1) is 0 Å². The Balaban J connectivity index is 2.32. The van der Waals surface area contributed by atoms with E-state index >= 15 is 0 Å².